The molecule has 0 radical (unpaired) electrons. The van der Waals surface area contributed by atoms with E-state index in [0.29, 0.717) is 19.6 Å². The van der Waals surface area contributed by atoms with Gasteiger partial charge in [0.2, 0.25) is 12.2 Å². The van der Waals surface area contributed by atoms with E-state index in [0.717, 1.165) is 59.8 Å². The van der Waals surface area contributed by atoms with Crippen LogP contribution < -0.4 is 5.32 Å². The number of nitrogens with zero attached hydrogens (tertiary/aromatic N) is 3. The van der Waals surface area contributed by atoms with Gasteiger partial charge in [0, 0.05) is 44.1 Å². The van der Waals surface area contributed by atoms with E-state index in [4.69, 9.17) is 9.47 Å². The van der Waals surface area contributed by atoms with E-state index in [2.05, 4.69) is 27.0 Å². The molecule has 2 aromatic heterocycles. The predicted molar refractivity (Wildman–Crippen MR) is 151 cm³/mol. The van der Waals surface area contributed by atoms with Crippen LogP contribution in [0.4, 0.5) is 0 Å². The van der Waals surface area contributed by atoms with E-state index in [1.165, 1.54) is 10.6 Å². The van der Waals surface area contributed by atoms with Crippen molar-refractivity contribution in [1.82, 2.24) is 19.8 Å². The summed E-state index contributed by atoms with van der Waals surface area (Å²) in [6.45, 7) is 5.70. The summed E-state index contributed by atoms with van der Waals surface area (Å²) in [4.78, 5) is 58.0. The highest BCUT2D eigenvalue weighted by atomic mass is 32.1. The first kappa shape index (κ1) is 28.3. The van der Waals surface area contributed by atoms with E-state index in [-0.39, 0.29) is 6.54 Å². The van der Waals surface area contributed by atoms with Crippen molar-refractivity contribution in [3.63, 3.8) is 0 Å². The number of hydrogen-bond donors (Lipinski definition) is 1. The minimum Gasteiger partial charge on any atom is -0.448 e. The molecule has 0 saturated heterocycles. The number of rotatable bonds is 9. The van der Waals surface area contributed by atoms with Crippen molar-refractivity contribution in [3.05, 3.63) is 80.6 Å². The molecular weight excluding hydrogens is 544 g/mol. The largest absolute Gasteiger partial charge is 0.448 e. The van der Waals surface area contributed by atoms with Crippen LogP contribution in [0, 0.1) is 6.92 Å². The number of carbonyl (C=O) groups excluding carboxylic acids is 4. The Morgan fingerprint density at radius 1 is 1.05 bits per heavy atom. The summed E-state index contributed by atoms with van der Waals surface area (Å²) >= 11 is 1.57. The summed E-state index contributed by atoms with van der Waals surface area (Å²) in [5, 5.41) is 4.70. The maximum Gasteiger partial charge on any atom is 0.303 e. The normalized spacial score (nSPS) is 15.0. The molecule has 0 fully saturated rings. The fourth-order valence-corrected chi connectivity index (χ4v) is 6.10. The van der Waals surface area contributed by atoms with Gasteiger partial charge in [-0.05, 0) is 54.0 Å². The second kappa shape index (κ2) is 12.1. The van der Waals surface area contributed by atoms with Gasteiger partial charge in [0.05, 0.1) is 12.2 Å². The van der Waals surface area contributed by atoms with Crippen LogP contribution in [0.2, 0.25) is 0 Å². The van der Waals surface area contributed by atoms with Crippen molar-refractivity contribution in [3.8, 4) is 0 Å². The van der Waals surface area contributed by atoms with E-state index in [1.807, 2.05) is 42.6 Å². The SMILES string of the molecule is CC(=O)O[C@@H](C(=O)NCc1csc(Cn2c(C)nc3c2CCC=C3)c1)[C@@H](OC(C)=O)C(=O)N1Cc2ccccc2C1. The number of aromatic nitrogens is 2. The molecule has 1 aliphatic carbocycles. The Labute approximate surface area is 242 Å². The molecule has 3 aromatic rings. The molecule has 1 aliphatic heterocycles. The van der Waals surface area contributed by atoms with E-state index < -0.39 is 36.0 Å². The molecule has 0 unspecified atom stereocenters. The molecule has 5 rings (SSSR count). The zero-order chi connectivity index (χ0) is 29.1. The van der Waals surface area contributed by atoms with Crippen LogP contribution in [0.15, 0.2) is 41.8 Å². The number of ether oxygens (including phenoxy) is 2. The number of hydrogen-bond acceptors (Lipinski definition) is 8. The lowest BCUT2D eigenvalue weighted by atomic mass is 10.1. The van der Waals surface area contributed by atoms with Crippen molar-refractivity contribution < 1.29 is 28.7 Å². The topological polar surface area (TPSA) is 120 Å². The fraction of sp³-hybridized carbons (Fsp3) is 0.367. The molecule has 11 heteroatoms. The average molecular weight is 577 g/mol. The first-order valence-electron chi connectivity index (χ1n) is 13.5. The highest BCUT2D eigenvalue weighted by Gasteiger charge is 2.42. The van der Waals surface area contributed by atoms with Crippen molar-refractivity contribution in [2.45, 2.75) is 72.0 Å². The summed E-state index contributed by atoms with van der Waals surface area (Å²) in [7, 11) is 0. The van der Waals surface area contributed by atoms with Crippen LogP contribution in [0.25, 0.3) is 6.08 Å². The van der Waals surface area contributed by atoms with Crippen molar-refractivity contribution in [1.29, 1.82) is 0 Å². The second-order valence-corrected chi connectivity index (χ2v) is 11.2. The van der Waals surface area contributed by atoms with Gasteiger partial charge in [0.25, 0.3) is 11.8 Å². The van der Waals surface area contributed by atoms with Crippen LogP contribution >= 0.6 is 11.3 Å². The Morgan fingerprint density at radius 2 is 1.73 bits per heavy atom. The molecule has 41 heavy (non-hydrogen) atoms. The van der Waals surface area contributed by atoms with Crippen LogP contribution in [-0.2, 0) is 61.3 Å². The number of fused-ring (bicyclic) bond motifs is 2. The van der Waals surface area contributed by atoms with Crippen molar-refractivity contribution >= 4 is 41.2 Å². The molecule has 3 heterocycles. The molecule has 10 nitrogen and oxygen atoms in total. The Bertz CT molecular complexity index is 1500. The van der Waals surface area contributed by atoms with Gasteiger partial charge >= 0.3 is 11.9 Å². The summed E-state index contributed by atoms with van der Waals surface area (Å²) in [6, 6.07) is 9.59. The third-order valence-corrected chi connectivity index (χ3v) is 8.09. The van der Waals surface area contributed by atoms with Crippen LogP contribution in [0.5, 0.6) is 0 Å². The lowest BCUT2D eigenvalue weighted by Gasteiger charge is -2.28. The van der Waals surface area contributed by atoms with Crippen molar-refractivity contribution in [2.24, 2.45) is 0 Å². The monoisotopic (exact) mass is 576 g/mol. The number of thiophene rings is 1. The minimum absolute atomic E-state index is 0.146. The number of aryl methyl sites for hydroxylation is 1. The molecular formula is C30H32N4O6S. The van der Waals surface area contributed by atoms with Crippen LogP contribution in [0.3, 0.4) is 0 Å². The Hall–Kier alpha value is -4.25. The van der Waals surface area contributed by atoms with E-state index >= 15 is 0 Å². The van der Waals surface area contributed by atoms with Gasteiger partial charge in [-0.3, -0.25) is 19.2 Å². The number of esters is 2. The molecule has 214 valence electrons. The molecule has 0 saturated carbocycles. The van der Waals surface area contributed by atoms with Gasteiger partial charge in [-0.15, -0.1) is 11.3 Å². The third kappa shape index (κ3) is 6.40. The van der Waals surface area contributed by atoms with Crippen molar-refractivity contribution in [2.75, 3.05) is 0 Å². The minimum atomic E-state index is -1.64. The van der Waals surface area contributed by atoms with Crippen LogP contribution in [-0.4, -0.2) is 50.4 Å². The lowest BCUT2D eigenvalue weighted by Crippen LogP contribution is -2.53. The summed E-state index contributed by atoms with van der Waals surface area (Å²) in [5.74, 6) is -1.91. The molecule has 2 amide bonds. The van der Waals surface area contributed by atoms with E-state index in [1.54, 1.807) is 11.3 Å². The quantitative estimate of drug-likeness (QED) is 0.388. The molecule has 2 atom stereocenters. The highest BCUT2D eigenvalue weighted by Crippen LogP contribution is 2.26. The van der Waals surface area contributed by atoms with Gasteiger partial charge < -0.3 is 24.3 Å². The standard InChI is InChI=1S/C30H32N4O6S/c1-18-32-25-10-6-7-11-26(25)34(18)16-24-12-21(17-41-24)13-31-29(37)27(39-19(2)35)28(40-20(3)36)30(38)33-14-22-8-4-5-9-23(22)15-33/h4-6,8-10,12,17,27-28H,7,11,13-16H2,1-3H3,(H,31,37)/t27-,28-/m1/s1. The maximum absolute atomic E-state index is 13.5. The molecule has 1 N–H and O–H groups in total. The highest BCUT2D eigenvalue weighted by molar-refractivity contribution is 7.10. The lowest BCUT2D eigenvalue weighted by molar-refractivity contribution is -0.178. The van der Waals surface area contributed by atoms with Gasteiger partial charge in [-0.2, -0.15) is 0 Å². The number of allylic oxidation sites excluding steroid dienone is 1. The molecule has 2 aliphatic rings. The summed E-state index contributed by atoms with van der Waals surface area (Å²) in [6.07, 6.45) is 2.88. The zero-order valence-electron chi connectivity index (χ0n) is 23.2. The maximum atomic E-state index is 13.5. The fourth-order valence-electron chi connectivity index (χ4n) is 5.22. The number of carbonyl (C=O) groups is 4. The molecule has 0 spiro atoms. The predicted octanol–water partition coefficient (Wildman–Crippen LogP) is 3.28. The van der Waals surface area contributed by atoms with Gasteiger partial charge in [0.15, 0.2) is 0 Å². The molecule has 0 bridgehead atoms. The summed E-state index contributed by atoms with van der Waals surface area (Å²) in [5.41, 5.74) is 5.03. The smallest absolute Gasteiger partial charge is 0.303 e. The number of amides is 2. The van der Waals surface area contributed by atoms with Gasteiger partial charge in [-0.1, -0.05) is 30.3 Å². The summed E-state index contributed by atoms with van der Waals surface area (Å²) < 4.78 is 12.8. The zero-order valence-corrected chi connectivity index (χ0v) is 24.0. The number of benzene rings is 1. The number of nitrogens with one attached hydrogen (secondary N) is 1. The van der Waals surface area contributed by atoms with E-state index in [9.17, 15) is 19.2 Å². The van der Waals surface area contributed by atoms with Crippen LogP contribution in [0.1, 0.15) is 59.0 Å². The number of imidazole rings is 1. The first-order valence-corrected chi connectivity index (χ1v) is 14.3. The van der Waals surface area contributed by atoms with Gasteiger partial charge in [-0.25, -0.2) is 4.98 Å². The second-order valence-electron chi connectivity index (χ2n) is 10.2. The Morgan fingerprint density at radius 3 is 2.41 bits per heavy atom. The first-order chi connectivity index (χ1) is 19.7. The third-order valence-electron chi connectivity index (χ3n) is 7.12. The average Bonchev–Trinajstić information content (AvgIpc) is 3.66. The Balaban J connectivity index is 1.27. The molecule has 1 aromatic carbocycles. The van der Waals surface area contributed by atoms with Gasteiger partial charge in [0.1, 0.15) is 5.82 Å². The Kier molecular flexibility index (Phi) is 8.34.